The van der Waals surface area contributed by atoms with Crippen LogP contribution in [0.25, 0.3) is 6.08 Å². The predicted octanol–water partition coefficient (Wildman–Crippen LogP) is 3.18. The smallest absolute Gasteiger partial charge is 0.244 e. The molecule has 0 radical (unpaired) electrons. The van der Waals surface area contributed by atoms with Crippen molar-refractivity contribution in [3.05, 3.63) is 71.3 Å². The van der Waals surface area contributed by atoms with Crippen molar-refractivity contribution in [2.24, 2.45) is 0 Å². The standard InChI is InChI=1S/C20H19N3O2/c1-15-6-8-16(9-7-15)10-11-19(24)22-14-17-4-2-3-5-18(17)23-20(25)12-13-21/h2-11H,12,14H2,1H3,(H,22,24)(H,23,25)/b11-10+. The van der Waals surface area contributed by atoms with Gasteiger partial charge in [0.15, 0.2) is 0 Å². The molecule has 126 valence electrons. The Morgan fingerprint density at radius 3 is 2.56 bits per heavy atom. The van der Waals surface area contributed by atoms with Crippen LogP contribution >= 0.6 is 0 Å². The Hall–Kier alpha value is -3.39. The first kappa shape index (κ1) is 18.0. The molecule has 5 heteroatoms. The van der Waals surface area contributed by atoms with Crippen molar-refractivity contribution in [2.45, 2.75) is 19.9 Å². The van der Waals surface area contributed by atoms with Crippen molar-refractivity contribution >= 4 is 23.6 Å². The lowest BCUT2D eigenvalue weighted by atomic mass is 10.1. The molecule has 0 unspecified atom stereocenters. The number of hydrogen-bond donors (Lipinski definition) is 2. The molecule has 0 aliphatic carbocycles. The molecule has 0 aliphatic rings. The van der Waals surface area contributed by atoms with Crippen LogP contribution < -0.4 is 10.6 Å². The van der Waals surface area contributed by atoms with Crippen LogP contribution in [-0.2, 0) is 16.1 Å². The molecule has 0 atom stereocenters. The third-order valence-corrected chi connectivity index (χ3v) is 3.49. The fourth-order valence-electron chi connectivity index (χ4n) is 2.15. The minimum atomic E-state index is -0.374. The van der Waals surface area contributed by atoms with E-state index in [1.807, 2.05) is 43.3 Å². The average molecular weight is 333 g/mol. The highest BCUT2D eigenvalue weighted by Crippen LogP contribution is 2.15. The summed E-state index contributed by atoms with van der Waals surface area (Å²) in [4.78, 5) is 23.5. The summed E-state index contributed by atoms with van der Waals surface area (Å²) in [6.07, 6.45) is 3.01. The van der Waals surface area contributed by atoms with E-state index < -0.39 is 0 Å². The molecule has 0 bridgehead atoms. The number of carbonyl (C=O) groups is 2. The normalized spacial score (nSPS) is 10.2. The lowest BCUT2D eigenvalue weighted by Crippen LogP contribution is -2.21. The number of anilines is 1. The molecule has 5 nitrogen and oxygen atoms in total. The molecule has 0 saturated heterocycles. The van der Waals surface area contributed by atoms with Crippen LogP contribution in [0.2, 0.25) is 0 Å². The Labute approximate surface area is 147 Å². The van der Waals surface area contributed by atoms with Crippen molar-refractivity contribution in [3.63, 3.8) is 0 Å². The minimum absolute atomic E-state index is 0.208. The Balaban J connectivity index is 1.94. The van der Waals surface area contributed by atoms with E-state index in [1.165, 1.54) is 6.08 Å². The number of aryl methyl sites for hydroxylation is 1. The molecule has 2 aromatic carbocycles. The molecule has 2 amide bonds. The Bertz CT molecular complexity index is 818. The zero-order valence-corrected chi connectivity index (χ0v) is 14.0. The first-order chi connectivity index (χ1) is 12.1. The quantitative estimate of drug-likeness (QED) is 0.797. The van der Waals surface area contributed by atoms with Crippen molar-refractivity contribution in [1.82, 2.24) is 5.32 Å². The van der Waals surface area contributed by atoms with Gasteiger partial charge in [-0.2, -0.15) is 5.26 Å². The van der Waals surface area contributed by atoms with Gasteiger partial charge in [0, 0.05) is 18.3 Å². The van der Waals surface area contributed by atoms with Crippen LogP contribution in [-0.4, -0.2) is 11.8 Å². The first-order valence-corrected chi connectivity index (χ1v) is 7.86. The van der Waals surface area contributed by atoms with Gasteiger partial charge in [-0.15, -0.1) is 0 Å². The summed E-state index contributed by atoms with van der Waals surface area (Å²) >= 11 is 0. The van der Waals surface area contributed by atoms with E-state index in [4.69, 9.17) is 5.26 Å². The van der Waals surface area contributed by atoms with E-state index in [2.05, 4.69) is 10.6 Å². The van der Waals surface area contributed by atoms with Gasteiger partial charge in [0.2, 0.25) is 11.8 Å². The number of carbonyl (C=O) groups excluding carboxylic acids is 2. The molecule has 2 N–H and O–H groups in total. The molecule has 2 aromatic rings. The second kappa shape index (κ2) is 9.04. The summed E-state index contributed by atoms with van der Waals surface area (Å²) in [6.45, 7) is 2.28. The number of amides is 2. The third kappa shape index (κ3) is 5.96. The highest BCUT2D eigenvalue weighted by Gasteiger charge is 2.06. The van der Waals surface area contributed by atoms with Crippen LogP contribution in [0, 0.1) is 18.3 Å². The average Bonchev–Trinajstić information content (AvgIpc) is 2.60. The molecule has 0 heterocycles. The number of rotatable bonds is 6. The number of para-hydroxylation sites is 1. The number of hydrogen-bond acceptors (Lipinski definition) is 3. The zero-order valence-electron chi connectivity index (χ0n) is 14.0. The fraction of sp³-hybridized carbons (Fsp3) is 0.150. The Morgan fingerprint density at radius 2 is 1.84 bits per heavy atom. The summed E-state index contributed by atoms with van der Waals surface area (Å²) in [5.74, 6) is -0.598. The molecular weight excluding hydrogens is 314 g/mol. The van der Waals surface area contributed by atoms with Crippen molar-refractivity contribution < 1.29 is 9.59 Å². The summed E-state index contributed by atoms with van der Waals surface area (Å²) < 4.78 is 0. The van der Waals surface area contributed by atoms with E-state index in [0.717, 1.165) is 16.7 Å². The summed E-state index contributed by atoms with van der Waals surface area (Å²) in [5.41, 5.74) is 3.47. The first-order valence-electron chi connectivity index (χ1n) is 7.86. The predicted molar refractivity (Wildman–Crippen MR) is 97.4 cm³/mol. The molecule has 2 rings (SSSR count). The number of nitriles is 1. The van der Waals surface area contributed by atoms with Gasteiger partial charge in [0.05, 0.1) is 6.07 Å². The maximum absolute atomic E-state index is 12.0. The maximum Gasteiger partial charge on any atom is 0.244 e. The highest BCUT2D eigenvalue weighted by atomic mass is 16.2. The monoisotopic (exact) mass is 333 g/mol. The van der Waals surface area contributed by atoms with Gasteiger partial charge in [-0.05, 0) is 30.2 Å². The molecule has 0 aliphatic heterocycles. The fourth-order valence-corrected chi connectivity index (χ4v) is 2.15. The topological polar surface area (TPSA) is 82.0 Å². The van der Waals surface area contributed by atoms with Crippen molar-refractivity contribution in [3.8, 4) is 6.07 Å². The molecule has 25 heavy (non-hydrogen) atoms. The zero-order chi connectivity index (χ0) is 18.1. The number of benzene rings is 2. The lowest BCUT2D eigenvalue weighted by molar-refractivity contribution is -0.116. The van der Waals surface area contributed by atoms with Gasteiger partial charge in [0.25, 0.3) is 0 Å². The van der Waals surface area contributed by atoms with E-state index in [1.54, 1.807) is 24.3 Å². The van der Waals surface area contributed by atoms with Gasteiger partial charge in [-0.1, -0.05) is 48.0 Å². The molecule has 0 spiro atoms. The summed E-state index contributed by atoms with van der Waals surface area (Å²) in [6, 6.07) is 16.8. The van der Waals surface area contributed by atoms with Gasteiger partial charge in [-0.3, -0.25) is 9.59 Å². The highest BCUT2D eigenvalue weighted by molar-refractivity contribution is 5.93. The van der Waals surface area contributed by atoms with Crippen molar-refractivity contribution in [1.29, 1.82) is 5.26 Å². The Kier molecular flexibility index (Phi) is 6.49. The number of nitrogens with one attached hydrogen (secondary N) is 2. The van der Waals surface area contributed by atoms with E-state index in [9.17, 15) is 9.59 Å². The van der Waals surface area contributed by atoms with Crippen LogP contribution in [0.1, 0.15) is 23.1 Å². The maximum atomic E-state index is 12.0. The van der Waals surface area contributed by atoms with E-state index in [-0.39, 0.29) is 24.8 Å². The molecular formula is C20H19N3O2. The molecule has 0 aromatic heterocycles. The third-order valence-electron chi connectivity index (χ3n) is 3.49. The Morgan fingerprint density at radius 1 is 1.12 bits per heavy atom. The summed E-state index contributed by atoms with van der Waals surface area (Å²) in [7, 11) is 0. The van der Waals surface area contributed by atoms with Crippen LogP contribution in [0.3, 0.4) is 0 Å². The van der Waals surface area contributed by atoms with Gasteiger partial charge in [-0.25, -0.2) is 0 Å². The van der Waals surface area contributed by atoms with Gasteiger partial charge >= 0.3 is 0 Å². The van der Waals surface area contributed by atoms with E-state index >= 15 is 0 Å². The second-order valence-electron chi connectivity index (χ2n) is 5.50. The lowest BCUT2D eigenvalue weighted by Gasteiger charge is -2.10. The summed E-state index contributed by atoms with van der Waals surface area (Å²) in [5, 5.41) is 14.0. The molecule has 0 saturated carbocycles. The van der Waals surface area contributed by atoms with Crippen LogP contribution in [0.5, 0.6) is 0 Å². The van der Waals surface area contributed by atoms with E-state index in [0.29, 0.717) is 5.69 Å². The minimum Gasteiger partial charge on any atom is -0.348 e. The number of nitrogens with zero attached hydrogens (tertiary/aromatic N) is 1. The second-order valence-corrected chi connectivity index (χ2v) is 5.50. The van der Waals surface area contributed by atoms with Gasteiger partial charge in [0.1, 0.15) is 6.42 Å². The van der Waals surface area contributed by atoms with Gasteiger partial charge < -0.3 is 10.6 Å². The van der Waals surface area contributed by atoms with Crippen molar-refractivity contribution in [2.75, 3.05) is 5.32 Å². The van der Waals surface area contributed by atoms with Crippen LogP contribution in [0.15, 0.2) is 54.6 Å². The SMILES string of the molecule is Cc1ccc(/C=C/C(=O)NCc2ccccc2NC(=O)CC#N)cc1. The molecule has 0 fully saturated rings. The largest absolute Gasteiger partial charge is 0.348 e. The van der Waals surface area contributed by atoms with Crippen LogP contribution in [0.4, 0.5) is 5.69 Å².